The van der Waals surface area contributed by atoms with E-state index in [1.54, 1.807) is 0 Å². The molecule has 4 rings (SSSR count). The van der Waals surface area contributed by atoms with Crippen LogP contribution in [0.4, 0.5) is 39.5 Å². The minimum atomic E-state index is -5.89. The van der Waals surface area contributed by atoms with E-state index in [1.807, 2.05) is 6.07 Å². The summed E-state index contributed by atoms with van der Waals surface area (Å²) in [5.41, 5.74) is -2.93. The molecular formula is C20H12ClF9N6O3S. The van der Waals surface area contributed by atoms with E-state index in [0.717, 1.165) is 30.8 Å². The summed E-state index contributed by atoms with van der Waals surface area (Å²) >= 11 is 6.98. The smallest absolute Gasteiger partial charge is 0.408 e. The molecule has 0 saturated heterocycles. The summed E-state index contributed by atoms with van der Waals surface area (Å²) in [6.07, 6.45) is -18.5. The first-order valence-corrected chi connectivity index (χ1v) is 11.7. The molecule has 0 spiro atoms. The molecular weight excluding hydrogens is 611 g/mol. The first-order chi connectivity index (χ1) is 18.4. The lowest BCUT2D eigenvalue weighted by atomic mass is 10.2. The number of amides is 1. The molecule has 3 heterocycles. The van der Waals surface area contributed by atoms with Crippen LogP contribution in [0.3, 0.4) is 0 Å². The van der Waals surface area contributed by atoms with Gasteiger partial charge in [0.2, 0.25) is 0 Å². The Morgan fingerprint density at radius 1 is 1.25 bits per heavy atom. The van der Waals surface area contributed by atoms with Crippen LogP contribution in [-0.4, -0.2) is 49.8 Å². The zero-order valence-corrected chi connectivity index (χ0v) is 20.9. The summed E-state index contributed by atoms with van der Waals surface area (Å²) in [4.78, 5) is 12.8. The van der Waals surface area contributed by atoms with E-state index in [-0.39, 0.29) is 20.3 Å². The van der Waals surface area contributed by atoms with Crippen molar-refractivity contribution in [1.82, 2.24) is 24.9 Å². The second-order valence-corrected chi connectivity index (χ2v) is 9.94. The molecule has 1 unspecified atom stereocenters. The van der Waals surface area contributed by atoms with Crippen LogP contribution in [-0.2, 0) is 18.0 Å². The Morgan fingerprint density at radius 3 is 2.45 bits per heavy atom. The van der Waals surface area contributed by atoms with Crippen molar-refractivity contribution in [2.45, 2.75) is 43.4 Å². The Morgan fingerprint density at radius 2 is 1.90 bits per heavy atom. The normalized spacial score (nSPS) is 15.9. The van der Waals surface area contributed by atoms with Gasteiger partial charge >= 0.3 is 25.0 Å². The molecule has 9 nitrogen and oxygen atoms in total. The molecule has 1 atom stereocenters. The van der Waals surface area contributed by atoms with Crippen LogP contribution in [0.5, 0.6) is 5.88 Å². The predicted molar refractivity (Wildman–Crippen MR) is 116 cm³/mol. The number of hydrogen-bond donors (Lipinski definition) is 1. The number of hydrogen-bond acceptors (Lipinski definition) is 7. The number of halogens is 10. The van der Waals surface area contributed by atoms with Crippen molar-refractivity contribution < 1.29 is 53.8 Å². The lowest BCUT2D eigenvalue weighted by molar-refractivity contribution is -0.411. The highest BCUT2D eigenvalue weighted by molar-refractivity contribution is 7.19. The number of thiophene rings is 1. The average Bonchev–Trinajstić information content (AvgIpc) is 3.12. The third-order valence-electron chi connectivity index (χ3n) is 5.33. The number of aromatic nitrogens is 4. The Bertz CT molecular complexity index is 1490. The topological polar surface area (TPSA) is 107 Å². The second kappa shape index (κ2) is 9.85. The first-order valence-electron chi connectivity index (χ1n) is 10.5. The van der Waals surface area contributed by atoms with E-state index in [1.165, 1.54) is 6.07 Å². The third-order valence-corrected chi connectivity index (χ3v) is 6.74. The fraction of sp³-hybridized carbons (Fsp3) is 0.400. The summed E-state index contributed by atoms with van der Waals surface area (Å²) in [6, 6.07) is 3.26. The van der Waals surface area contributed by atoms with Crippen molar-refractivity contribution in [3.05, 3.63) is 33.9 Å². The summed E-state index contributed by atoms with van der Waals surface area (Å²) in [5, 5.41) is 18.5. The molecule has 216 valence electrons. The number of aryl methyl sites for hydroxylation is 1. The maximum Gasteiger partial charge on any atom is 0.525 e. The molecule has 1 amide bonds. The van der Waals surface area contributed by atoms with Crippen LogP contribution in [0.25, 0.3) is 16.3 Å². The summed E-state index contributed by atoms with van der Waals surface area (Å²) in [5.74, 6) is -3.64. The van der Waals surface area contributed by atoms with Crippen molar-refractivity contribution >= 4 is 28.8 Å². The molecule has 0 aromatic carbocycles. The number of carbonyl (C=O) groups is 1. The zero-order chi connectivity index (χ0) is 29.8. The first kappa shape index (κ1) is 29.5. The van der Waals surface area contributed by atoms with Crippen LogP contribution in [0.2, 0.25) is 4.34 Å². The fourth-order valence-electron chi connectivity index (χ4n) is 3.34. The minimum absolute atomic E-state index is 0.00901. The van der Waals surface area contributed by atoms with Crippen molar-refractivity contribution in [1.29, 1.82) is 5.26 Å². The van der Waals surface area contributed by atoms with E-state index in [9.17, 15) is 44.3 Å². The van der Waals surface area contributed by atoms with Crippen molar-refractivity contribution in [2.75, 3.05) is 0 Å². The largest absolute Gasteiger partial charge is 0.525 e. The molecule has 1 N–H and O–H groups in total. The Kier molecular flexibility index (Phi) is 7.26. The molecule has 1 saturated carbocycles. The third kappa shape index (κ3) is 5.97. The van der Waals surface area contributed by atoms with Gasteiger partial charge in [-0.2, -0.15) is 32.3 Å². The van der Waals surface area contributed by atoms with Gasteiger partial charge in [0.25, 0.3) is 11.8 Å². The van der Waals surface area contributed by atoms with Gasteiger partial charge in [-0.3, -0.25) is 4.79 Å². The zero-order valence-electron chi connectivity index (χ0n) is 19.4. The van der Waals surface area contributed by atoms with Gasteiger partial charge in [-0.15, -0.1) is 29.6 Å². The molecule has 1 fully saturated rings. The van der Waals surface area contributed by atoms with E-state index in [2.05, 4.69) is 25.0 Å². The van der Waals surface area contributed by atoms with Crippen LogP contribution in [0.15, 0.2) is 18.5 Å². The maximum atomic E-state index is 13.9. The molecule has 3 aromatic rings. The Labute approximate surface area is 225 Å². The number of rotatable bonds is 8. The molecule has 1 aliphatic rings. The van der Waals surface area contributed by atoms with Gasteiger partial charge < -0.3 is 10.1 Å². The lowest BCUT2D eigenvalue weighted by Crippen LogP contribution is -2.41. The number of nitriles is 1. The van der Waals surface area contributed by atoms with Gasteiger partial charge in [0.1, 0.15) is 9.88 Å². The van der Waals surface area contributed by atoms with Crippen LogP contribution >= 0.6 is 22.9 Å². The van der Waals surface area contributed by atoms with Crippen LogP contribution < -0.4 is 10.1 Å². The number of alkyl halides is 9. The van der Waals surface area contributed by atoms with Gasteiger partial charge in [0, 0.05) is 23.7 Å². The van der Waals surface area contributed by atoms with E-state index in [0.29, 0.717) is 22.2 Å². The molecule has 0 radical (unpaired) electrons. The van der Waals surface area contributed by atoms with E-state index < -0.39 is 53.7 Å². The Hall–Kier alpha value is -3.50. The number of ether oxygens (including phenoxy) is 2. The lowest BCUT2D eigenvalue weighted by Gasteiger charge is -2.21. The standard InChI is InChI=1S/C20H12ClF9N6O3S/c1-35-15(11(18(23,24)25)14(34-35)38-19(26,27)16(22)39-20(28,29)30)36-6-8(5-32-36)10-4-9(12(21)40-10)13(37)33-17(7-31)2-3-17/h4-6,16H,2-3H2,1H3,(H,33,37). The van der Waals surface area contributed by atoms with Crippen LogP contribution in [0.1, 0.15) is 28.8 Å². The van der Waals surface area contributed by atoms with Crippen molar-refractivity contribution in [3.63, 3.8) is 0 Å². The molecule has 1 aliphatic carbocycles. The van der Waals surface area contributed by atoms with Gasteiger partial charge in [-0.05, 0) is 18.9 Å². The minimum Gasteiger partial charge on any atom is -0.408 e. The van der Waals surface area contributed by atoms with Gasteiger partial charge in [-0.25, -0.2) is 18.5 Å². The summed E-state index contributed by atoms with van der Waals surface area (Å²) in [7, 11) is 0.851. The average molecular weight is 623 g/mol. The number of nitrogens with zero attached hydrogens (tertiary/aromatic N) is 5. The Balaban J connectivity index is 1.66. The quantitative estimate of drug-likeness (QED) is 0.328. The monoisotopic (exact) mass is 622 g/mol. The highest BCUT2D eigenvalue weighted by Crippen LogP contribution is 2.43. The van der Waals surface area contributed by atoms with Gasteiger partial charge in [-0.1, -0.05) is 11.6 Å². The molecule has 40 heavy (non-hydrogen) atoms. The molecule has 0 aliphatic heterocycles. The fourth-order valence-corrected chi connectivity index (χ4v) is 4.59. The van der Waals surface area contributed by atoms with Gasteiger partial charge in [0.15, 0.2) is 11.4 Å². The molecule has 0 bridgehead atoms. The number of carbonyl (C=O) groups excluding carboxylic acids is 1. The SMILES string of the molecule is Cn1nc(OC(F)(F)C(F)OC(F)(F)F)c(C(F)(F)F)c1-n1cc(-c2cc(C(=O)NC3(C#N)CC3)c(Cl)s2)cn1. The number of nitrogens with one attached hydrogen (secondary N) is 1. The maximum absolute atomic E-state index is 13.9. The summed E-state index contributed by atoms with van der Waals surface area (Å²) < 4.78 is 126. The van der Waals surface area contributed by atoms with Crippen molar-refractivity contribution in [2.24, 2.45) is 7.05 Å². The highest BCUT2D eigenvalue weighted by Gasteiger charge is 2.53. The highest BCUT2D eigenvalue weighted by atomic mass is 35.5. The van der Waals surface area contributed by atoms with E-state index >= 15 is 0 Å². The summed E-state index contributed by atoms with van der Waals surface area (Å²) in [6.45, 7) is 0. The predicted octanol–water partition coefficient (Wildman–Crippen LogP) is 5.60. The second-order valence-electron chi connectivity index (χ2n) is 8.29. The van der Waals surface area contributed by atoms with Gasteiger partial charge in [0.05, 0.1) is 17.8 Å². The van der Waals surface area contributed by atoms with E-state index in [4.69, 9.17) is 16.9 Å². The van der Waals surface area contributed by atoms with Crippen LogP contribution in [0, 0.1) is 11.3 Å². The molecule has 20 heteroatoms. The molecule has 3 aromatic heterocycles. The van der Waals surface area contributed by atoms with Crippen molar-refractivity contribution in [3.8, 4) is 28.2 Å².